The van der Waals surface area contributed by atoms with Gasteiger partial charge in [-0.1, -0.05) is 95.5 Å². The Bertz CT molecular complexity index is 1430. The minimum atomic E-state index is 1.02. The van der Waals surface area contributed by atoms with E-state index in [1.165, 1.54) is 43.8 Å². The lowest BCUT2D eigenvalue weighted by atomic mass is 10.0. The predicted octanol–water partition coefficient (Wildman–Crippen LogP) is 8.01. The van der Waals surface area contributed by atoms with E-state index >= 15 is 0 Å². The topological polar surface area (TPSA) is 25.8 Å². The van der Waals surface area contributed by atoms with Crippen LogP contribution in [0, 0.1) is 13.8 Å². The van der Waals surface area contributed by atoms with Crippen molar-refractivity contribution >= 4 is 53.9 Å². The molecule has 0 saturated heterocycles. The average molecular weight is 423 g/mol. The van der Waals surface area contributed by atoms with Gasteiger partial charge < -0.3 is 0 Å². The molecule has 0 aliphatic rings. The van der Waals surface area contributed by atoms with E-state index in [0.717, 1.165) is 19.7 Å². The van der Waals surface area contributed by atoms with E-state index < -0.39 is 0 Å². The van der Waals surface area contributed by atoms with Gasteiger partial charge in [0.25, 0.3) is 0 Å². The van der Waals surface area contributed by atoms with E-state index in [2.05, 4.69) is 86.6 Å². The molecule has 2 heterocycles. The van der Waals surface area contributed by atoms with E-state index in [-0.39, 0.29) is 0 Å². The van der Waals surface area contributed by atoms with Crippen molar-refractivity contribution in [2.24, 2.45) is 0 Å². The van der Waals surface area contributed by atoms with E-state index in [1.807, 2.05) is 0 Å². The molecule has 4 aromatic carbocycles. The van der Waals surface area contributed by atoms with Crippen LogP contribution in [-0.2, 0) is 0 Å². The van der Waals surface area contributed by atoms with Crippen LogP contribution in [0.3, 0.4) is 0 Å². The fourth-order valence-electron chi connectivity index (χ4n) is 4.18. The first-order valence-corrected chi connectivity index (χ1v) is 11.6. The van der Waals surface area contributed by atoms with E-state index in [4.69, 9.17) is 9.97 Å². The van der Waals surface area contributed by atoms with Gasteiger partial charge in [-0.15, -0.1) is 0 Å². The average Bonchev–Trinajstić information content (AvgIpc) is 3.32. The molecule has 2 nitrogen and oxygen atoms in total. The number of nitrogens with zero attached hydrogens (tertiary/aromatic N) is 2. The van der Waals surface area contributed by atoms with Crippen LogP contribution in [0.1, 0.15) is 11.1 Å². The summed E-state index contributed by atoms with van der Waals surface area (Å²) >= 11 is 3.39. The molecule has 0 atom stereocenters. The third-order valence-corrected chi connectivity index (χ3v) is 7.74. The highest BCUT2D eigenvalue weighted by Crippen LogP contribution is 2.42. The van der Waals surface area contributed by atoms with Crippen molar-refractivity contribution in [2.75, 3.05) is 0 Å². The summed E-state index contributed by atoms with van der Waals surface area (Å²) in [5.41, 5.74) is 4.96. The first kappa shape index (κ1) is 17.8. The molecule has 6 rings (SSSR count). The first-order chi connectivity index (χ1) is 14.7. The summed E-state index contributed by atoms with van der Waals surface area (Å²) < 4.78 is 0. The van der Waals surface area contributed by atoms with Crippen LogP contribution in [0.2, 0.25) is 0 Å². The van der Waals surface area contributed by atoms with Crippen molar-refractivity contribution in [3.05, 3.63) is 83.9 Å². The van der Waals surface area contributed by atoms with Crippen LogP contribution >= 0.6 is 22.7 Å². The van der Waals surface area contributed by atoms with Crippen molar-refractivity contribution in [2.45, 2.75) is 13.8 Å². The molecular formula is C26H18N2S2. The third kappa shape index (κ3) is 2.68. The van der Waals surface area contributed by atoms with Gasteiger partial charge in [-0.25, -0.2) is 9.97 Å². The SMILES string of the molecule is Cc1ccc2ccccc2c1-c1nc2sc(-c3c(C)ccc4ccccc34)nc2s1. The molecule has 2 aromatic heterocycles. The number of hydrogen-bond acceptors (Lipinski definition) is 4. The lowest BCUT2D eigenvalue weighted by Crippen LogP contribution is -1.86. The Kier molecular flexibility index (Phi) is 3.98. The molecule has 0 amide bonds. The molecule has 6 aromatic rings. The van der Waals surface area contributed by atoms with Crippen LogP contribution in [0.25, 0.3) is 52.3 Å². The van der Waals surface area contributed by atoms with Crippen LogP contribution in [0.15, 0.2) is 72.8 Å². The van der Waals surface area contributed by atoms with Crippen LogP contribution < -0.4 is 0 Å². The van der Waals surface area contributed by atoms with Gasteiger partial charge in [0.1, 0.15) is 10.0 Å². The Morgan fingerprint density at radius 1 is 0.533 bits per heavy atom. The number of aryl methyl sites for hydroxylation is 2. The van der Waals surface area contributed by atoms with Crippen LogP contribution in [0.5, 0.6) is 0 Å². The van der Waals surface area contributed by atoms with Crippen molar-refractivity contribution in [3.63, 3.8) is 0 Å². The van der Waals surface area contributed by atoms with Gasteiger partial charge in [0, 0.05) is 11.1 Å². The maximum absolute atomic E-state index is 5.02. The number of hydrogen-bond donors (Lipinski definition) is 0. The highest BCUT2D eigenvalue weighted by Gasteiger charge is 2.18. The Morgan fingerprint density at radius 2 is 0.967 bits per heavy atom. The van der Waals surface area contributed by atoms with E-state index in [0.29, 0.717) is 0 Å². The van der Waals surface area contributed by atoms with Crippen molar-refractivity contribution in [1.82, 2.24) is 9.97 Å². The molecule has 144 valence electrons. The first-order valence-electron chi connectivity index (χ1n) is 9.94. The van der Waals surface area contributed by atoms with Gasteiger partial charge in [-0.2, -0.15) is 0 Å². The maximum Gasteiger partial charge on any atom is 0.155 e. The second-order valence-electron chi connectivity index (χ2n) is 7.61. The highest BCUT2D eigenvalue weighted by molar-refractivity contribution is 7.29. The van der Waals surface area contributed by atoms with E-state index in [1.54, 1.807) is 22.7 Å². The zero-order valence-corrected chi connectivity index (χ0v) is 18.3. The van der Waals surface area contributed by atoms with Gasteiger partial charge in [-0.05, 0) is 46.5 Å². The zero-order valence-electron chi connectivity index (χ0n) is 16.6. The monoisotopic (exact) mass is 422 g/mol. The van der Waals surface area contributed by atoms with Gasteiger partial charge in [0.05, 0.1) is 0 Å². The number of aromatic nitrogens is 2. The van der Waals surface area contributed by atoms with Gasteiger partial charge in [0.15, 0.2) is 9.66 Å². The normalized spacial score (nSPS) is 11.7. The molecule has 30 heavy (non-hydrogen) atoms. The highest BCUT2D eigenvalue weighted by atomic mass is 32.1. The van der Waals surface area contributed by atoms with Crippen molar-refractivity contribution < 1.29 is 0 Å². The molecule has 0 saturated carbocycles. The van der Waals surface area contributed by atoms with Crippen molar-refractivity contribution in [1.29, 1.82) is 0 Å². The third-order valence-electron chi connectivity index (χ3n) is 5.68. The molecule has 0 unspecified atom stereocenters. The minimum absolute atomic E-state index is 1.02. The quantitative estimate of drug-likeness (QED) is 0.282. The molecule has 0 aliphatic carbocycles. The molecule has 0 N–H and O–H groups in total. The Hall–Kier alpha value is -3.08. The zero-order chi connectivity index (χ0) is 20.2. The largest absolute Gasteiger partial charge is 0.223 e. The summed E-state index contributed by atoms with van der Waals surface area (Å²) in [6, 6.07) is 25.8. The summed E-state index contributed by atoms with van der Waals surface area (Å²) in [6.07, 6.45) is 0. The minimum Gasteiger partial charge on any atom is -0.223 e. The predicted molar refractivity (Wildman–Crippen MR) is 131 cm³/mol. The maximum atomic E-state index is 5.02. The molecule has 0 aliphatic heterocycles. The summed E-state index contributed by atoms with van der Waals surface area (Å²) in [5.74, 6) is 0. The molecule has 0 spiro atoms. The standard InChI is InChI=1S/C26H18N2S2/c1-15-11-13-17-7-3-5-9-19(17)21(15)23-27-25-26(29-23)28-24(30-25)22-16(2)12-14-18-8-4-6-10-20(18)22/h3-14H,1-2H3. The number of fused-ring (bicyclic) bond motifs is 3. The van der Waals surface area contributed by atoms with E-state index in [9.17, 15) is 0 Å². The second-order valence-corrected chi connectivity index (χ2v) is 9.56. The lowest BCUT2D eigenvalue weighted by molar-refractivity contribution is 1.44. The Labute approximate surface area is 182 Å². The summed E-state index contributed by atoms with van der Waals surface area (Å²) in [4.78, 5) is 12.1. The molecule has 0 radical (unpaired) electrons. The number of thiazole rings is 2. The Balaban J connectivity index is 1.54. The van der Waals surface area contributed by atoms with Crippen LogP contribution in [-0.4, -0.2) is 9.97 Å². The molecular weight excluding hydrogens is 404 g/mol. The number of benzene rings is 4. The lowest BCUT2D eigenvalue weighted by Gasteiger charge is -2.08. The smallest absolute Gasteiger partial charge is 0.155 e. The fraction of sp³-hybridized carbons (Fsp3) is 0.0769. The molecule has 0 bridgehead atoms. The van der Waals surface area contributed by atoms with Gasteiger partial charge in [0.2, 0.25) is 0 Å². The van der Waals surface area contributed by atoms with Gasteiger partial charge >= 0.3 is 0 Å². The fourth-order valence-corrected chi connectivity index (χ4v) is 6.48. The second kappa shape index (κ2) is 6.73. The van der Waals surface area contributed by atoms with Crippen LogP contribution in [0.4, 0.5) is 0 Å². The molecule has 4 heteroatoms. The number of rotatable bonds is 2. The summed E-state index contributed by atoms with van der Waals surface area (Å²) in [6.45, 7) is 4.32. The molecule has 0 fully saturated rings. The summed E-state index contributed by atoms with van der Waals surface area (Å²) in [5, 5.41) is 7.11. The Morgan fingerprint density at radius 3 is 1.43 bits per heavy atom. The van der Waals surface area contributed by atoms with Gasteiger partial charge in [-0.3, -0.25) is 0 Å². The summed E-state index contributed by atoms with van der Waals surface area (Å²) in [7, 11) is 0. The van der Waals surface area contributed by atoms with Crippen molar-refractivity contribution in [3.8, 4) is 21.1 Å².